The molecule has 11 heteroatoms. The Hall–Kier alpha value is -4.25. The third-order valence-electron chi connectivity index (χ3n) is 4.22. The Bertz CT molecular complexity index is 1280. The fraction of sp³-hybridized carbons (Fsp3) is 0. The molecule has 0 saturated heterocycles. The Labute approximate surface area is 184 Å². The van der Waals surface area contributed by atoms with Crippen molar-refractivity contribution >= 4 is 45.6 Å². The molecule has 0 spiro atoms. The largest absolute Gasteiger partial charge is 0.382 e. The van der Waals surface area contributed by atoms with Gasteiger partial charge in [-0.15, -0.1) is 0 Å². The number of hydrogen-bond donors (Lipinski definition) is 3. The molecule has 4 rings (SSSR count). The van der Waals surface area contributed by atoms with Gasteiger partial charge in [0.05, 0.1) is 11.1 Å². The highest BCUT2D eigenvalue weighted by molar-refractivity contribution is 7.18. The SMILES string of the molecule is Nc1nc(Nc2ccc(C(=O)Nc3ccccn3)cn2)sc1C(=O)c1c(F)cccc1F. The van der Waals surface area contributed by atoms with Gasteiger partial charge in [0.1, 0.15) is 34.0 Å². The van der Waals surface area contributed by atoms with E-state index in [1.54, 1.807) is 24.4 Å². The number of nitrogens with one attached hydrogen (secondary N) is 2. The highest BCUT2D eigenvalue weighted by atomic mass is 32.1. The lowest BCUT2D eigenvalue weighted by atomic mass is 10.1. The Kier molecular flexibility index (Phi) is 5.81. The predicted molar refractivity (Wildman–Crippen MR) is 116 cm³/mol. The minimum absolute atomic E-state index is 0.108. The van der Waals surface area contributed by atoms with Gasteiger partial charge in [0, 0.05) is 12.4 Å². The zero-order chi connectivity index (χ0) is 22.7. The minimum Gasteiger partial charge on any atom is -0.382 e. The summed E-state index contributed by atoms with van der Waals surface area (Å²) in [5.41, 5.74) is 5.38. The zero-order valence-electron chi connectivity index (χ0n) is 16.2. The van der Waals surface area contributed by atoms with Crippen LogP contribution in [0.15, 0.2) is 60.9 Å². The van der Waals surface area contributed by atoms with Crippen LogP contribution in [0.1, 0.15) is 25.6 Å². The quantitative estimate of drug-likeness (QED) is 0.378. The number of nitrogens with zero attached hydrogens (tertiary/aromatic N) is 3. The molecule has 0 aliphatic carbocycles. The van der Waals surface area contributed by atoms with Gasteiger partial charge in [0.25, 0.3) is 5.91 Å². The van der Waals surface area contributed by atoms with Gasteiger partial charge in [-0.1, -0.05) is 23.5 Å². The van der Waals surface area contributed by atoms with Crippen LogP contribution in [-0.4, -0.2) is 26.6 Å². The number of thiazole rings is 1. The second-order valence-electron chi connectivity index (χ2n) is 6.39. The van der Waals surface area contributed by atoms with E-state index in [0.29, 0.717) is 17.2 Å². The summed E-state index contributed by atoms with van der Waals surface area (Å²) < 4.78 is 27.9. The van der Waals surface area contributed by atoms with E-state index in [4.69, 9.17) is 5.73 Å². The number of amides is 1. The smallest absolute Gasteiger partial charge is 0.258 e. The van der Waals surface area contributed by atoms with Crippen LogP contribution in [0.2, 0.25) is 0 Å². The first-order valence-electron chi connectivity index (χ1n) is 9.13. The molecule has 0 fully saturated rings. The van der Waals surface area contributed by atoms with E-state index in [-0.39, 0.29) is 21.7 Å². The molecule has 3 heterocycles. The topological polar surface area (TPSA) is 123 Å². The van der Waals surface area contributed by atoms with Gasteiger partial charge in [-0.05, 0) is 36.4 Å². The first kappa shape index (κ1) is 21.0. The van der Waals surface area contributed by atoms with Crippen LogP contribution in [0.5, 0.6) is 0 Å². The van der Waals surface area contributed by atoms with Crippen LogP contribution in [0, 0.1) is 11.6 Å². The third-order valence-corrected chi connectivity index (χ3v) is 5.20. The molecule has 8 nitrogen and oxygen atoms in total. The van der Waals surface area contributed by atoms with Crippen molar-refractivity contribution in [3.8, 4) is 0 Å². The number of carbonyl (C=O) groups is 2. The monoisotopic (exact) mass is 452 g/mol. The van der Waals surface area contributed by atoms with Gasteiger partial charge >= 0.3 is 0 Å². The maximum absolute atomic E-state index is 13.9. The average molecular weight is 452 g/mol. The number of carbonyl (C=O) groups excluding carboxylic acids is 2. The molecule has 0 radical (unpaired) electrons. The standard InChI is InChI=1S/C21H14F2N6O2S/c22-12-4-3-5-13(23)16(12)17(30)18-19(24)29-21(32-18)28-15-8-7-11(10-26-15)20(31)27-14-6-1-2-9-25-14/h1-10H,24H2,(H,25,27,31)(H,26,28,29). The second-order valence-corrected chi connectivity index (χ2v) is 7.38. The van der Waals surface area contributed by atoms with Crippen LogP contribution >= 0.6 is 11.3 Å². The Balaban J connectivity index is 1.48. The number of rotatable bonds is 6. The number of ketones is 1. The van der Waals surface area contributed by atoms with Crippen molar-refractivity contribution in [1.82, 2.24) is 15.0 Å². The van der Waals surface area contributed by atoms with Crippen molar-refractivity contribution in [1.29, 1.82) is 0 Å². The molecule has 4 aromatic rings. The number of halogens is 2. The summed E-state index contributed by atoms with van der Waals surface area (Å²) in [5.74, 6) is -2.71. The highest BCUT2D eigenvalue weighted by Crippen LogP contribution is 2.30. The minimum atomic E-state index is -0.987. The molecule has 32 heavy (non-hydrogen) atoms. The van der Waals surface area contributed by atoms with Crippen LogP contribution in [-0.2, 0) is 0 Å². The molecule has 160 valence electrons. The summed E-state index contributed by atoms with van der Waals surface area (Å²) >= 11 is 0.829. The number of hydrogen-bond acceptors (Lipinski definition) is 8. The summed E-state index contributed by atoms with van der Waals surface area (Å²) in [5, 5.41) is 5.68. The van der Waals surface area contributed by atoms with Gasteiger partial charge in [-0.25, -0.2) is 23.7 Å². The van der Waals surface area contributed by atoms with Crippen molar-refractivity contribution in [2.45, 2.75) is 0 Å². The zero-order valence-corrected chi connectivity index (χ0v) is 17.0. The first-order valence-corrected chi connectivity index (χ1v) is 9.94. The average Bonchev–Trinajstić information content (AvgIpc) is 3.14. The normalized spacial score (nSPS) is 10.6. The molecule has 0 aliphatic heterocycles. The van der Waals surface area contributed by atoms with Gasteiger partial charge in [-0.3, -0.25) is 9.59 Å². The lowest BCUT2D eigenvalue weighted by Crippen LogP contribution is -2.13. The molecule has 0 aliphatic rings. The van der Waals surface area contributed by atoms with Crippen LogP contribution in [0.25, 0.3) is 0 Å². The lowest BCUT2D eigenvalue weighted by Gasteiger charge is -2.05. The maximum Gasteiger partial charge on any atom is 0.258 e. The molecule has 1 amide bonds. The molecule has 0 atom stereocenters. The molecule has 3 aromatic heterocycles. The van der Waals surface area contributed by atoms with Crippen molar-refractivity contribution in [2.24, 2.45) is 0 Å². The van der Waals surface area contributed by atoms with E-state index in [9.17, 15) is 18.4 Å². The van der Waals surface area contributed by atoms with E-state index in [2.05, 4.69) is 25.6 Å². The van der Waals surface area contributed by atoms with E-state index in [0.717, 1.165) is 29.5 Å². The van der Waals surface area contributed by atoms with Crippen LogP contribution in [0.4, 0.5) is 31.4 Å². The molecule has 1 aromatic carbocycles. The van der Waals surface area contributed by atoms with Crippen LogP contribution < -0.4 is 16.4 Å². The number of aromatic nitrogens is 3. The predicted octanol–water partition coefficient (Wildman–Crippen LogP) is 4.02. The number of pyridine rings is 2. The molecular weight excluding hydrogens is 438 g/mol. The summed E-state index contributed by atoms with van der Waals surface area (Å²) in [6.45, 7) is 0. The van der Waals surface area contributed by atoms with Gasteiger partial charge in [0.15, 0.2) is 5.13 Å². The summed E-state index contributed by atoms with van der Waals surface area (Å²) in [7, 11) is 0. The number of benzene rings is 1. The van der Waals surface area contributed by atoms with Gasteiger partial charge < -0.3 is 16.4 Å². The van der Waals surface area contributed by atoms with Crippen molar-refractivity contribution < 1.29 is 18.4 Å². The number of nitrogens with two attached hydrogens (primary N) is 1. The summed E-state index contributed by atoms with van der Waals surface area (Å²) in [4.78, 5) is 36.9. The van der Waals surface area contributed by atoms with Gasteiger partial charge in [0.2, 0.25) is 5.78 Å². The lowest BCUT2D eigenvalue weighted by molar-refractivity contribution is 0.102. The van der Waals surface area contributed by atoms with E-state index < -0.39 is 23.0 Å². The Morgan fingerprint density at radius 2 is 1.72 bits per heavy atom. The molecule has 0 saturated carbocycles. The molecule has 0 bridgehead atoms. The molecule has 4 N–H and O–H groups in total. The molecular formula is C21H14F2N6O2S. The Morgan fingerprint density at radius 3 is 2.38 bits per heavy atom. The molecule has 0 unspecified atom stereocenters. The van der Waals surface area contributed by atoms with E-state index >= 15 is 0 Å². The van der Waals surface area contributed by atoms with Crippen molar-refractivity contribution in [3.63, 3.8) is 0 Å². The first-order chi connectivity index (χ1) is 15.4. The van der Waals surface area contributed by atoms with Crippen LogP contribution in [0.3, 0.4) is 0 Å². The second kappa shape index (κ2) is 8.86. The summed E-state index contributed by atoms with van der Waals surface area (Å²) in [6, 6.07) is 11.3. The van der Waals surface area contributed by atoms with Gasteiger partial charge in [-0.2, -0.15) is 0 Å². The third kappa shape index (κ3) is 4.42. The van der Waals surface area contributed by atoms with Crippen molar-refractivity contribution in [3.05, 3.63) is 88.6 Å². The van der Waals surface area contributed by atoms with E-state index in [1.165, 1.54) is 18.3 Å². The number of anilines is 4. The van der Waals surface area contributed by atoms with Crippen molar-refractivity contribution in [2.75, 3.05) is 16.4 Å². The highest BCUT2D eigenvalue weighted by Gasteiger charge is 2.24. The fourth-order valence-electron chi connectivity index (χ4n) is 2.71. The Morgan fingerprint density at radius 1 is 0.938 bits per heavy atom. The summed E-state index contributed by atoms with van der Waals surface area (Å²) in [6.07, 6.45) is 2.90. The van der Waals surface area contributed by atoms with E-state index in [1.807, 2.05) is 0 Å². The number of nitrogen functional groups attached to an aromatic ring is 1. The maximum atomic E-state index is 13.9. The fourth-order valence-corrected chi connectivity index (χ4v) is 3.55.